The summed E-state index contributed by atoms with van der Waals surface area (Å²) < 4.78 is 9.45. The molecule has 0 aromatic heterocycles. The minimum Gasteiger partial charge on any atom is -0.468 e. The van der Waals surface area contributed by atoms with Crippen molar-refractivity contribution in [3.63, 3.8) is 0 Å². The summed E-state index contributed by atoms with van der Waals surface area (Å²) in [4.78, 5) is 36.7. The number of carbonyl (C=O) groups is 3. The third-order valence-corrected chi connectivity index (χ3v) is 4.38. The molecule has 1 saturated carbocycles. The lowest BCUT2D eigenvalue weighted by Crippen LogP contribution is -2.39. The molecule has 0 heterocycles. The highest BCUT2D eigenvalue weighted by atomic mass is 35.5. The molecule has 1 aromatic carbocycles. The number of hydrogen-bond donors (Lipinski definition) is 0. The van der Waals surface area contributed by atoms with Gasteiger partial charge < -0.3 is 9.47 Å². The normalized spacial score (nSPS) is 18.5. The molecule has 0 radical (unpaired) electrons. The van der Waals surface area contributed by atoms with Gasteiger partial charge in [0.1, 0.15) is 0 Å². The highest BCUT2D eigenvalue weighted by Crippen LogP contribution is 2.44. The molecule has 0 amide bonds. The molecule has 0 unspecified atom stereocenters. The average molecular weight is 337 g/mol. The molecule has 1 aromatic rings. The third kappa shape index (κ3) is 3.01. The van der Waals surface area contributed by atoms with Crippen LogP contribution in [-0.4, -0.2) is 31.9 Å². The number of benzene rings is 1. The number of ether oxygens (including phenoxy) is 2. The lowest BCUT2D eigenvalue weighted by Gasteiger charge is -2.21. The second-order valence-electron chi connectivity index (χ2n) is 5.46. The number of methoxy groups -OCH3 is 2. The molecule has 5 nitrogen and oxygen atoms in total. The SMILES string of the molecule is COC(=O)C1(C(=O)OC)CC(=O)/C(=C(\C)c2cccc(Cl)c2)C1. The van der Waals surface area contributed by atoms with Gasteiger partial charge in [0.15, 0.2) is 11.2 Å². The summed E-state index contributed by atoms with van der Waals surface area (Å²) in [6, 6.07) is 7.05. The predicted octanol–water partition coefficient (Wildman–Crippen LogP) is 2.81. The highest BCUT2D eigenvalue weighted by Gasteiger charge is 2.55. The maximum Gasteiger partial charge on any atom is 0.324 e. The lowest BCUT2D eigenvalue weighted by atomic mass is 9.85. The van der Waals surface area contributed by atoms with Crippen molar-refractivity contribution >= 4 is 34.9 Å². The number of carbonyl (C=O) groups excluding carboxylic acids is 3. The van der Waals surface area contributed by atoms with Crippen molar-refractivity contribution in [2.75, 3.05) is 14.2 Å². The van der Waals surface area contributed by atoms with Crippen LogP contribution in [0, 0.1) is 5.41 Å². The van der Waals surface area contributed by atoms with Gasteiger partial charge in [-0.2, -0.15) is 0 Å². The van der Waals surface area contributed by atoms with E-state index in [1.807, 2.05) is 6.07 Å². The average Bonchev–Trinajstić information content (AvgIpc) is 2.91. The fourth-order valence-corrected chi connectivity index (χ4v) is 3.03. The first-order valence-electron chi connectivity index (χ1n) is 7.01. The van der Waals surface area contributed by atoms with Crippen LogP contribution in [0.1, 0.15) is 25.3 Å². The van der Waals surface area contributed by atoms with E-state index in [1.54, 1.807) is 25.1 Å². The Labute approximate surface area is 139 Å². The summed E-state index contributed by atoms with van der Waals surface area (Å²) in [7, 11) is 2.37. The molecule has 0 bridgehead atoms. The van der Waals surface area contributed by atoms with E-state index >= 15 is 0 Å². The van der Waals surface area contributed by atoms with Crippen molar-refractivity contribution in [2.24, 2.45) is 5.41 Å². The number of hydrogen-bond acceptors (Lipinski definition) is 5. The standard InChI is InChI=1S/C17H17ClO5/c1-10(11-5-4-6-12(18)7-11)13-8-17(9-14(13)19,15(20)22-2)16(21)23-3/h4-7H,8-9H2,1-3H3/b13-10+. The Hall–Kier alpha value is -2.14. The third-order valence-electron chi connectivity index (χ3n) is 4.14. The molecule has 1 aliphatic carbocycles. The van der Waals surface area contributed by atoms with Crippen molar-refractivity contribution in [3.8, 4) is 0 Å². The molecule has 2 rings (SSSR count). The molecule has 0 saturated heterocycles. The van der Waals surface area contributed by atoms with Gasteiger partial charge in [0.05, 0.1) is 14.2 Å². The monoisotopic (exact) mass is 336 g/mol. The van der Waals surface area contributed by atoms with Crippen molar-refractivity contribution in [3.05, 3.63) is 40.4 Å². The maximum absolute atomic E-state index is 12.4. The Morgan fingerprint density at radius 1 is 1.13 bits per heavy atom. The van der Waals surface area contributed by atoms with Gasteiger partial charge in [0.25, 0.3) is 0 Å². The fourth-order valence-electron chi connectivity index (χ4n) is 2.84. The molecule has 6 heteroatoms. The van der Waals surface area contributed by atoms with Gasteiger partial charge in [-0.05, 0) is 30.2 Å². The van der Waals surface area contributed by atoms with E-state index < -0.39 is 17.4 Å². The fraction of sp³-hybridized carbons (Fsp3) is 0.353. The largest absolute Gasteiger partial charge is 0.468 e. The van der Waals surface area contributed by atoms with Crippen LogP contribution in [0.3, 0.4) is 0 Å². The van der Waals surface area contributed by atoms with Crippen LogP contribution in [0.2, 0.25) is 5.02 Å². The summed E-state index contributed by atoms with van der Waals surface area (Å²) in [6.07, 6.45) is -0.289. The molecule has 0 atom stereocenters. The van der Waals surface area contributed by atoms with E-state index in [-0.39, 0.29) is 18.6 Å². The Bertz CT molecular complexity index is 689. The maximum atomic E-state index is 12.4. The zero-order valence-corrected chi connectivity index (χ0v) is 13.9. The first-order valence-corrected chi connectivity index (χ1v) is 7.39. The quantitative estimate of drug-likeness (QED) is 0.482. The van der Waals surface area contributed by atoms with Gasteiger partial charge >= 0.3 is 11.9 Å². The Kier molecular flexibility index (Phi) is 4.90. The first kappa shape index (κ1) is 17.2. The zero-order valence-electron chi connectivity index (χ0n) is 13.1. The van der Waals surface area contributed by atoms with Gasteiger partial charge in [-0.3, -0.25) is 14.4 Å². The number of Topliss-reactive ketones (excluding diaryl/α,β-unsaturated/α-hetero) is 1. The minimum atomic E-state index is -1.60. The number of ketones is 1. The minimum absolute atomic E-state index is 0.0382. The van der Waals surface area contributed by atoms with E-state index in [9.17, 15) is 14.4 Å². The topological polar surface area (TPSA) is 69.7 Å². The number of rotatable bonds is 3. The molecular formula is C17H17ClO5. The second-order valence-corrected chi connectivity index (χ2v) is 5.89. The Morgan fingerprint density at radius 2 is 1.74 bits per heavy atom. The highest BCUT2D eigenvalue weighted by molar-refractivity contribution is 6.30. The smallest absolute Gasteiger partial charge is 0.324 e. The van der Waals surface area contributed by atoms with Crippen LogP contribution in [0.25, 0.3) is 5.57 Å². The van der Waals surface area contributed by atoms with Crippen LogP contribution in [-0.2, 0) is 23.9 Å². The number of esters is 2. The molecule has 0 N–H and O–H groups in total. The summed E-state index contributed by atoms with van der Waals surface area (Å²) in [5, 5.41) is 0.542. The molecule has 1 aliphatic rings. The van der Waals surface area contributed by atoms with Crippen LogP contribution in [0.15, 0.2) is 29.8 Å². The van der Waals surface area contributed by atoms with Crippen molar-refractivity contribution in [2.45, 2.75) is 19.8 Å². The Morgan fingerprint density at radius 3 is 2.26 bits per heavy atom. The number of halogens is 1. The van der Waals surface area contributed by atoms with E-state index in [2.05, 4.69) is 0 Å². The molecule has 0 aliphatic heterocycles. The van der Waals surface area contributed by atoms with E-state index in [1.165, 1.54) is 14.2 Å². The molecule has 122 valence electrons. The summed E-state index contributed by atoms with van der Waals surface area (Å²) in [5.74, 6) is -1.78. The van der Waals surface area contributed by atoms with Crippen LogP contribution >= 0.6 is 11.6 Å². The van der Waals surface area contributed by atoms with Crippen LogP contribution in [0.4, 0.5) is 0 Å². The summed E-state index contributed by atoms with van der Waals surface area (Å²) >= 11 is 5.98. The van der Waals surface area contributed by atoms with Crippen molar-refractivity contribution < 1.29 is 23.9 Å². The summed E-state index contributed by atoms with van der Waals surface area (Å²) in [5.41, 5.74) is 0.275. The van der Waals surface area contributed by atoms with Gasteiger partial charge in [0, 0.05) is 23.4 Å². The Balaban J connectivity index is 2.50. The van der Waals surface area contributed by atoms with Gasteiger partial charge in [0.2, 0.25) is 0 Å². The van der Waals surface area contributed by atoms with Gasteiger partial charge in [-0.1, -0.05) is 23.7 Å². The van der Waals surface area contributed by atoms with Crippen LogP contribution in [0.5, 0.6) is 0 Å². The predicted molar refractivity (Wildman–Crippen MR) is 84.8 cm³/mol. The van der Waals surface area contributed by atoms with Crippen LogP contribution < -0.4 is 0 Å². The molecule has 0 spiro atoms. The van der Waals surface area contributed by atoms with Gasteiger partial charge in [-0.25, -0.2) is 0 Å². The molecule has 1 fully saturated rings. The second kappa shape index (κ2) is 6.54. The zero-order chi connectivity index (χ0) is 17.2. The van der Waals surface area contributed by atoms with Gasteiger partial charge in [-0.15, -0.1) is 0 Å². The van der Waals surface area contributed by atoms with E-state index in [0.717, 1.165) is 5.56 Å². The lowest BCUT2D eigenvalue weighted by molar-refractivity contribution is -0.169. The summed E-state index contributed by atoms with van der Waals surface area (Å²) in [6.45, 7) is 1.77. The van der Waals surface area contributed by atoms with Crippen molar-refractivity contribution in [1.82, 2.24) is 0 Å². The molecular weight excluding hydrogens is 320 g/mol. The van der Waals surface area contributed by atoms with E-state index in [4.69, 9.17) is 21.1 Å². The van der Waals surface area contributed by atoms with E-state index in [0.29, 0.717) is 16.2 Å². The first-order chi connectivity index (χ1) is 10.9. The molecule has 23 heavy (non-hydrogen) atoms. The van der Waals surface area contributed by atoms with Crippen molar-refractivity contribution in [1.29, 1.82) is 0 Å². The number of allylic oxidation sites excluding steroid dienone is 2.